The van der Waals surface area contributed by atoms with Crippen LogP contribution in [0.25, 0.3) is 0 Å². The molecule has 0 radical (unpaired) electrons. The maximum absolute atomic E-state index is 11.7. The van der Waals surface area contributed by atoms with E-state index in [4.69, 9.17) is 16.3 Å². The highest BCUT2D eigenvalue weighted by Crippen LogP contribution is 2.28. The van der Waals surface area contributed by atoms with E-state index in [1.54, 1.807) is 37.9 Å². The summed E-state index contributed by atoms with van der Waals surface area (Å²) in [5.74, 6) is 4.57. The third kappa shape index (κ3) is 168. The number of ether oxygens (including phenoxy) is 1. The first kappa shape index (κ1) is 161. The minimum atomic E-state index is -4.32. The molecule has 11 N–H and O–H groups in total. The van der Waals surface area contributed by atoms with Gasteiger partial charge in [-0.3, -0.25) is 52.7 Å². The number of hydrogen-bond donors (Lipinski definition) is 11. The third-order valence-electron chi connectivity index (χ3n) is 20.4. The van der Waals surface area contributed by atoms with Gasteiger partial charge in [-0.1, -0.05) is 275 Å². The predicted molar refractivity (Wildman–Crippen MR) is 612 cm³/mol. The van der Waals surface area contributed by atoms with Crippen LogP contribution in [-0.2, 0) is 57.5 Å². The molecule has 26 nitrogen and oxygen atoms in total. The smallest absolute Gasteiger partial charge is 0.394 e. The second-order valence-electron chi connectivity index (χ2n) is 52.6. The van der Waals surface area contributed by atoms with Crippen LogP contribution in [0.1, 0.15) is 445 Å². The summed E-state index contributed by atoms with van der Waals surface area (Å²) in [5, 5.41) is 36.6. The number of methoxy groups -OCH3 is 1. The van der Waals surface area contributed by atoms with Gasteiger partial charge in [0.25, 0.3) is 0 Å². The van der Waals surface area contributed by atoms with Gasteiger partial charge in [-0.15, -0.1) is 6.42 Å². The summed E-state index contributed by atoms with van der Waals surface area (Å²) in [6, 6.07) is -0.113. The first-order valence-electron chi connectivity index (χ1n) is 53.7. The fraction of sp³-hybridized carbons (Fsp3) is 0.887. The Kier molecular flexibility index (Phi) is 97.1. The van der Waals surface area contributed by atoms with Gasteiger partial charge in [0.1, 0.15) is 6.54 Å². The number of alkyl halides is 3. The maximum atomic E-state index is 11.7. The van der Waals surface area contributed by atoms with Crippen molar-refractivity contribution in [3.05, 3.63) is 0 Å². The van der Waals surface area contributed by atoms with Gasteiger partial charge >= 0.3 is 6.18 Å². The number of terminal acetylenes is 1. The minimum Gasteiger partial charge on any atom is -0.394 e. The van der Waals surface area contributed by atoms with Crippen LogP contribution in [0.4, 0.5) is 13.2 Å². The Balaban J connectivity index is -0.000000152. The van der Waals surface area contributed by atoms with Crippen LogP contribution in [0.15, 0.2) is 0 Å². The second kappa shape index (κ2) is 87.3. The lowest BCUT2D eigenvalue weighted by molar-refractivity contribution is -0.138. The second-order valence-corrected chi connectivity index (χ2v) is 53.6. The maximum Gasteiger partial charge on any atom is 0.405 e. The van der Waals surface area contributed by atoms with E-state index in [1.807, 2.05) is 88.0 Å². The van der Waals surface area contributed by atoms with Gasteiger partial charge in [-0.05, 0) is 204 Å². The van der Waals surface area contributed by atoms with E-state index in [0.29, 0.717) is 90.3 Å². The van der Waals surface area contributed by atoms with Crippen molar-refractivity contribution in [3.63, 3.8) is 0 Å². The average molecular weight is 2100 g/mol. The van der Waals surface area contributed by atoms with E-state index in [2.05, 4.69) is 292 Å². The molecule has 0 aliphatic rings. The molecule has 0 saturated heterocycles. The first-order chi connectivity index (χ1) is 65.3. The molecule has 0 fully saturated rings. The third-order valence-corrected chi connectivity index (χ3v) is 21.0. The van der Waals surface area contributed by atoms with Crippen molar-refractivity contribution >= 4 is 76.7 Å². The number of hydrogen-bond acceptors (Lipinski definition) is 16. The quantitative estimate of drug-likeness (QED) is 0.0199. The van der Waals surface area contributed by atoms with Crippen LogP contribution < -0.4 is 53.2 Å². The molecule has 0 aromatic heterocycles. The standard InChI is InChI=1S/C13H28N2O.C12H25NO2.C11H24N2O.2C11H23NO.C10H21NO2.C10H21NOS.C10H17NO.C9H16F3NO.2C9H19NO/c1-6-15(7-2)11-10-14-12(16)8-9-13(3,4)5;1-9(2)10(8-14)13-11(15)6-7-12(3,4)5;1-11(2,3)7-6-10(14)12-8-9-13(4)5;1-10(2,3)8-7-9(13)12-11(4,5)6;1-5-6-9-12-10(13)7-8-11(2,3)4;2*1-10(2,3)6-5-9(12)11-7-8-13-4;1-5-8-11-9(12)6-7-10(2,3)4;1-8(2,3)5-4-7(14)13-6-9(10,11)12;1-9(2,3)7-6-8(11)10(4)5;1-5-10-8(11)6-7-9(2,3)4/h6-11H2,1-5H3,(H,14,16);9-10,14H,6-8H2,1-5H3,(H,13,15);6-9H2,1-5H3,(H,12,14);7-8H2,1-6H3,(H,12,13);5-9H2,1-4H3,(H,12,13);2*5-8H2,1-4H3,(H,11,12);1H,6-8H2,2-4H3,(H,11,12);4-6H2,1-3H3,(H,13,14);6-7H2,1-5H3;5-7H2,1-4H3,(H,10,11). The van der Waals surface area contributed by atoms with Crippen LogP contribution >= 0.6 is 11.8 Å². The van der Waals surface area contributed by atoms with Crippen molar-refractivity contribution in [1.29, 1.82) is 0 Å². The Morgan fingerprint density at radius 2 is 0.634 bits per heavy atom. The van der Waals surface area contributed by atoms with E-state index < -0.39 is 18.6 Å². The van der Waals surface area contributed by atoms with E-state index in [9.17, 15) is 65.9 Å². The Bertz CT molecular complexity index is 3210. The van der Waals surface area contributed by atoms with Crippen molar-refractivity contribution in [2.75, 3.05) is 139 Å². The molecule has 11 amide bonds. The zero-order chi connectivity index (χ0) is 117. The SMILES string of the molecule is C#CCNC(=O)CCC(C)(C)C.CC(C)(C)CCC(=O)NC(C)(C)C.CC(C)(C)CCC(=O)NCC(F)(F)F.CC(C)C(CO)NC(=O)CCC(C)(C)C.CCCCNC(=O)CCC(C)(C)C.CCN(CC)CCNC(=O)CCC(C)(C)C.CCNC(=O)CCC(C)(C)C.CN(C)C(=O)CCC(C)(C)C.CN(C)CCNC(=O)CCC(C)(C)C.COCCNC(=O)CCC(C)(C)C.CSCCNC(=O)CCC(C)(C)C. The number of nitrogens with zero attached hydrogens (tertiary/aromatic N) is 3. The fourth-order valence-corrected chi connectivity index (χ4v) is 10.6. The van der Waals surface area contributed by atoms with Gasteiger partial charge in [-0.25, -0.2) is 0 Å². The number of nitrogens with one attached hydrogen (secondary N) is 10. The number of halogens is 3. The molecule has 0 spiro atoms. The topological polar surface area (TPSA) is 347 Å². The minimum absolute atomic E-state index is 0.0128. The molecule has 145 heavy (non-hydrogen) atoms. The van der Waals surface area contributed by atoms with Gasteiger partial charge in [0.05, 0.1) is 25.8 Å². The molecule has 1 unspecified atom stereocenters. The molecule has 0 aliphatic carbocycles. The summed E-state index contributed by atoms with van der Waals surface area (Å²) in [7, 11) is 9.22. The highest BCUT2D eigenvalue weighted by molar-refractivity contribution is 7.98. The first-order valence-corrected chi connectivity index (χ1v) is 55.1. The molecule has 0 bridgehead atoms. The summed E-state index contributed by atoms with van der Waals surface area (Å²) in [4.78, 5) is 130. The Labute approximate surface area is 894 Å². The molecule has 30 heteroatoms. The zero-order valence-corrected chi connectivity index (χ0v) is 104. The molecular weight excluding hydrogens is 1860 g/mol. The van der Waals surface area contributed by atoms with Crippen molar-refractivity contribution in [2.24, 2.45) is 65.5 Å². The van der Waals surface area contributed by atoms with Crippen LogP contribution in [0.2, 0.25) is 0 Å². The lowest BCUT2D eigenvalue weighted by Crippen LogP contribution is -2.41. The molecule has 0 rings (SSSR count). The van der Waals surface area contributed by atoms with Crippen molar-refractivity contribution in [3.8, 4) is 12.3 Å². The summed E-state index contributed by atoms with van der Waals surface area (Å²) >= 11 is 1.75. The monoisotopic (exact) mass is 2100 g/mol. The fourth-order valence-electron chi connectivity index (χ4n) is 10.3. The summed E-state index contributed by atoms with van der Waals surface area (Å²) < 4.78 is 39.8. The lowest BCUT2D eigenvalue weighted by Gasteiger charge is -2.22. The van der Waals surface area contributed by atoms with E-state index >= 15 is 0 Å². The Morgan fingerprint density at radius 3 is 0.883 bits per heavy atom. The number of aliphatic hydroxyl groups excluding tert-OH is 1. The van der Waals surface area contributed by atoms with Crippen molar-refractivity contribution in [1.82, 2.24) is 67.9 Å². The molecule has 0 saturated carbocycles. The highest BCUT2D eigenvalue weighted by atomic mass is 32.2. The molecular formula is C115H236F3N13O13S. The number of amides is 11. The molecule has 1 atom stereocenters. The summed E-state index contributed by atoms with van der Waals surface area (Å²) in [6.07, 6.45) is 21.2. The van der Waals surface area contributed by atoms with E-state index in [-0.39, 0.29) is 149 Å². The summed E-state index contributed by atoms with van der Waals surface area (Å²) in [6.45, 7) is 96.6. The van der Waals surface area contributed by atoms with Crippen LogP contribution in [-0.4, -0.2) is 242 Å². The van der Waals surface area contributed by atoms with Crippen LogP contribution in [0.5, 0.6) is 0 Å². The molecule has 866 valence electrons. The number of thioether (sulfide) groups is 1. The van der Waals surface area contributed by atoms with Crippen LogP contribution in [0.3, 0.4) is 0 Å². The zero-order valence-electron chi connectivity index (χ0n) is 103. The van der Waals surface area contributed by atoms with E-state index in [1.165, 1.54) is 0 Å². The summed E-state index contributed by atoms with van der Waals surface area (Å²) in [5.41, 5.74) is 2.31. The Morgan fingerprint density at radius 1 is 0.366 bits per heavy atom. The van der Waals surface area contributed by atoms with Crippen LogP contribution in [0, 0.1) is 77.8 Å². The predicted octanol–water partition coefficient (Wildman–Crippen LogP) is 22.9. The number of aliphatic hydroxyl groups is 1. The largest absolute Gasteiger partial charge is 0.405 e. The lowest BCUT2D eigenvalue weighted by atomic mass is 9.90. The number of rotatable bonds is 45. The number of carbonyl (C=O) groups excluding carboxylic acids is 11. The number of carbonyl (C=O) groups is 11. The van der Waals surface area contributed by atoms with Gasteiger partial charge < -0.3 is 77.7 Å². The number of unbranched alkanes of at least 4 members (excludes halogenated alkanes) is 1. The van der Waals surface area contributed by atoms with E-state index in [0.717, 1.165) is 142 Å². The highest BCUT2D eigenvalue weighted by Gasteiger charge is 2.29. The van der Waals surface area contributed by atoms with Crippen molar-refractivity contribution < 1.29 is 75.8 Å². The van der Waals surface area contributed by atoms with Gasteiger partial charge in [0.15, 0.2) is 0 Å². The van der Waals surface area contributed by atoms with Crippen molar-refractivity contribution in [2.45, 2.75) is 463 Å². The number of likely N-dealkylation sites (N-methyl/N-ethyl adjacent to an activating group) is 2. The molecule has 0 aromatic carbocycles. The Hall–Kier alpha value is -6.29. The average Bonchev–Trinajstić information content (AvgIpc) is 0.780. The normalized spacial score (nSPS) is 11.9. The van der Waals surface area contributed by atoms with Gasteiger partial charge in [-0.2, -0.15) is 24.9 Å². The van der Waals surface area contributed by atoms with Gasteiger partial charge in [0.2, 0.25) is 65.0 Å². The van der Waals surface area contributed by atoms with Gasteiger partial charge in [0, 0.05) is 155 Å². The molecule has 0 heterocycles. The molecule has 0 aliphatic heterocycles. The molecule has 0 aromatic rings.